The fourth-order valence-electron chi connectivity index (χ4n) is 4.82. The van der Waals surface area contributed by atoms with Gasteiger partial charge in [0.05, 0.1) is 25.3 Å². The molecule has 192 valence electrons. The predicted molar refractivity (Wildman–Crippen MR) is 143 cm³/mol. The van der Waals surface area contributed by atoms with E-state index < -0.39 is 6.10 Å². The van der Waals surface area contributed by atoms with Crippen molar-refractivity contribution in [1.82, 2.24) is 29.7 Å². The number of ether oxygens (including phenoxy) is 1. The Hall–Kier alpha value is -3.25. The first-order valence-corrected chi connectivity index (χ1v) is 13.4. The maximum absolute atomic E-state index is 12.1. The number of aliphatic hydroxyl groups excluding tert-OH is 1. The van der Waals surface area contributed by atoms with Gasteiger partial charge in [0.15, 0.2) is 11.6 Å². The third-order valence-electron chi connectivity index (χ3n) is 6.84. The minimum atomic E-state index is -0.958. The van der Waals surface area contributed by atoms with Crippen LogP contribution in [0.4, 0.5) is 5.82 Å². The zero-order valence-corrected chi connectivity index (χ0v) is 21.5. The summed E-state index contributed by atoms with van der Waals surface area (Å²) in [6.45, 7) is 7.73. The van der Waals surface area contributed by atoms with Crippen molar-refractivity contribution in [3.8, 4) is 11.4 Å². The number of pyridine rings is 1. The number of morpholine rings is 1. The topological polar surface area (TPSA) is 108 Å². The van der Waals surface area contributed by atoms with E-state index in [-0.39, 0.29) is 5.91 Å². The molecule has 0 saturated carbocycles. The molecule has 2 aliphatic rings. The van der Waals surface area contributed by atoms with Crippen LogP contribution in [-0.2, 0) is 16.1 Å². The van der Waals surface area contributed by atoms with Crippen LogP contribution >= 0.6 is 11.3 Å². The van der Waals surface area contributed by atoms with Gasteiger partial charge in [0.2, 0.25) is 0 Å². The monoisotopic (exact) mass is 519 g/mol. The van der Waals surface area contributed by atoms with Gasteiger partial charge in [-0.25, -0.2) is 15.0 Å². The summed E-state index contributed by atoms with van der Waals surface area (Å²) in [6.07, 6.45) is 0.878. The number of hydrogen-bond donors (Lipinski definition) is 1. The number of nitrogens with zero attached hydrogens (tertiary/aromatic N) is 7. The second-order valence-electron chi connectivity index (χ2n) is 9.43. The number of carbonyl (C=O) groups excluding carboxylic acids is 1. The summed E-state index contributed by atoms with van der Waals surface area (Å²) in [7, 11) is 0. The molecule has 37 heavy (non-hydrogen) atoms. The van der Waals surface area contributed by atoms with E-state index in [9.17, 15) is 9.90 Å². The standard InChI is InChI=1S/C26H29N7O3S/c1-17(34)26(35)33-8-6-31(7-9-33)16-21-28-22-24(32-10-12-36-13-11-32)29-23(30-25(22)37-21)19-14-18-4-2-3-5-20(18)27-15-19/h2-5,14-15,17,34H,6-13,16H2,1H3. The van der Waals surface area contributed by atoms with Gasteiger partial charge in [-0.15, -0.1) is 0 Å². The molecular weight excluding hydrogens is 490 g/mol. The second-order valence-corrected chi connectivity index (χ2v) is 10.5. The van der Waals surface area contributed by atoms with Crippen LogP contribution in [0.3, 0.4) is 0 Å². The molecule has 1 unspecified atom stereocenters. The molecule has 10 nitrogen and oxygen atoms in total. The number of hydrogen-bond acceptors (Lipinski definition) is 10. The zero-order chi connectivity index (χ0) is 25.4. The highest BCUT2D eigenvalue weighted by atomic mass is 32.1. The highest BCUT2D eigenvalue weighted by Crippen LogP contribution is 2.32. The minimum absolute atomic E-state index is 0.208. The average Bonchev–Trinajstić information content (AvgIpc) is 3.35. The van der Waals surface area contributed by atoms with Gasteiger partial charge in [0, 0.05) is 56.4 Å². The van der Waals surface area contributed by atoms with Crippen molar-refractivity contribution in [3.63, 3.8) is 0 Å². The summed E-state index contributed by atoms with van der Waals surface area (Å²) in [5.74, 6) is 1.28. The minimum Gasteiger partial charge on any atom is -0.384 e. The van der Waals surface area contributed by atoms with Crippen molar-refractivity contribution in [1.29, 1.82) is 0 Å². The fourth-order valence-corrected chi connectivity index (χ4v) is 5.79. The first-order valence-electron chi connectivity index (χ1n) is 12.6. The third kappa shape index (κ3) is 4.99. The molecule has 1 aromatic carbocycles. The van der Waals surface area contributed by atoms with E-state index in [0.29, 0.717) is 38.7 Å². The molecule has 2 saturated heterocycles. The number of thiazole rings is 1. The number of amides is 1. The van der Waals surface area contributed by atoms with Gasteiger partial charge < -0.3 is 19.6 Å². The summed E-state index contributed by atoms with van der Waals surface area (Å²) in [5.41, 5.74) is 2.64. The molecule has 0 bridgehead atoms. The van der Waals surface area contributed by atoms with Gasteiger partial charge >= 0.3 is 0 Å². The fraction of sp³-hybridized carbons (Fsp3) is 0.423. The van der Waals surface area contributed by atoms with Gasteiger partial charge in [0.25, 0.3) is 5.91 Å². The van der Waals surface area contributed by atoms with Crippen LogP contribution in [0.25, 0.3) is 32.6 Å². The zero-order valence-electron chi connectivity index (χ0n) is 20.7. The predicted octanol–water partition coefficient (Wildman–Crippen LogP) is 2.16. The molecule has 2 aliphatic heterocycles. The highest BCUT2D eigenvalue weighted by Gasteiger charge is 2.26. The van der Waals surface area contributed by atoms with Gasteiger partial charge in [-0.2, -0.15) is 0 Å². The Labute approximate surface area is 218 Å². The van der Waals surface area contributed by atoms with Crippen LogP contribution in [0.2, 0.25) is 0 Å². The first-order chi connectivity index (χ1) is 18.0. The lowest BCUT2D eigenvalue weighted by molar-refractivity contribution is -0.141. The number of aliphatic hydroxyl groups is 1. The van der Waals surface area contributed by atoms with Crippen LogP contribution in [-0.4, -0.2) is 99.3 Å². The molecule has 0 spiro atoms. The smallest absolute Gasteiger partial charge is 0.251 e. The Balaban J connectivity index is 1.31. The Morgan fingerprint density at radius 3 is 2.65 bits per heavy atom. The largest absolute Gasteiger partial charge is 0.384 e. The number of fused-ring (bicyclic) bond motifs is 2. The molecule has 5 heterocycles. The lowest BCUT2D eigenvalue weighted by Crippen LogP contribution is -2.50. The molecule has 1 atom stereocenters. The number of benzene rings is 1. The highest BCUT2D eigenvalue weighted by molar-refractivity contribution is 7.18. The molecular formula is C26H29N7O3S. The van der Waals surface area contributed by atoms with Crippen molar-refractivity contribution in [2.45, 2.75) is 19.6 Å². The average molecular weight is 520 g/mol. The maximum Gasteiger partial charge on any atom is 0.251 e. The van der Waals surface area contributed by atoms with Gasteiger partial charge in [0.1, 0.15) is 21.5 Å². The van der Waals surface area contributed by atoms with Gasteiger partial charge in [-0.1, -0.05) is 29.5 Å². The van der Waals surface area contributed by atoms with Crippen molar-refractivity contribution in [2.75, 3.05) is 57.4 Å². The number of piperazine rings is 1. The molecule has 11 heteroatoms. The Bertz CT molecular complexity index is 1430. The maximum atomic E-state index is 12.1. The van der Waals surface area contributed by atoms with Crippen LogP contribution in [0.5, 0.6) is 0 Å². The Kier molecular flexibility index (Phi) is 6.68. The molecule has 0 aliphatic carbocycles. The lowest BCUT2D eigenvalue weighted by Gasteiger charge is -2.34. The van der Waals surface area contributed by atoms with Crippen LogP contribution in [0, 0.1) is 0 Å². The van der Waals surface area contributed by atoms with Crippen LogP contribution in [0.1, 0.15) is 11.9 Å². The van der Waals surface area contributed by atoms with Crippen molar-refractivity contribution < 1.29 is 14.6 Å². The third-order valence-corrected chi connectivity index (χ3v) is 7.78. The van der Waals surface area contributed by atoms with Crippen LogP contribution in [0.15, 0.2) is 36.5 Å². The summed E-state index contributed by atoms with van der Waals surface area (Å²) >= 11 is 1.59. The van der Waals surface area contributed by atoms with E-state index in [1.807, 2.05) is 30.5 Å². The molecule has 2 fully saturated rings. The molecule has 1 amide bonds. The van der Waals surface area contributed by atoms with E-state index in [4.69, 9.17) is 19.7 Å². The van der Waals surface area contributed by atoms with Crippen LogP contribution < -0.4 is 4.90 Å². The van der Waals surface area contributed by atoms with E-state index in [1.165, 1.54) is 6.92 Å². The first kappa shape index (κ1) is 24.1. The summed E-state index contributed by atoms with van der Waals surface area (Å²) in [4.78, 5) is 38.7. The van der Waals surface area contributed by atoms with Gasteiger partial charge in [-0.3, -0.25) is 14.7 Å². The quantitative estimate of drug-likeness (QED) is 0.424. The normalized spacial score (nSPS) is 18.0. The van der Waals surface area contributed by atoms with Crippen molar-refractivity contribution in [3.05, 3.63) is 41.5 Å². The molecule has 1 N–H and O–H groups in total. The molecule has 0 radical (unpaired) electrons. The summed E-state index contributed by atoms with van der Waals surface area (Å²) in [5, 5.41) is 11.6. The second kappa shape index (κ2) is 10.3. The summed E-state index contributed by atoms with van der Waals surface area (Å²) in [6, 6.07) is 10.1. The number of rotatable bonds is 5. The lowest BCUT2D eigenvalue weighted by atomic mass is 10.1. The van der Waals surface area contributed by atoms with E-state index in [2.05, 4.69) is 20.9 Å². The van der Waals surface area contributed by atoms with E-state index >= 15 is 0 Å². The van der Waals surface area contributed by atoms with Crippen molar-refractivity contribution >= 4 is 44.3 Å². The number of para-hydroxylation sites is 1. The SMILES string of the molecule is CC(O)C(=O)N1CCN(Cc2nc3c(N4CCOCC4)nc(-c4cnc5ccccc5c4)nc3s2)CC1. The van der Waals surface area contributed by atoms with Crippen molar-refractivity contribution in [2.24, 2.45) is 0 Å². The number of carbonyl (C=O) groups is 1. The van der Waals surface area contributed by atoms with E-state index in [1.54, 1.807) is 16.2 Å². The molecule has 4 aromatic rings. The number of anilines is 1. The van der Waals surface area contributed by atoms with E-state index in [0.717, 1.165) is 63.8 Å². The molecule has 6 rings (SSSR count). The molecule has 3 aromatic heterocycles. The Morgan fingerprint density at radius 2 is 1.86 bits per heavy atom. The summed E-state index contributed by atoms with van der Waals surface area (Å²) < 4.78 is 5.58. The number of aromatic nitrogens is 4. The Morgan fingerprint density at radius 1 is 1.08 bits per heavy atom. The van der Waals surface area contributed by atoms with Gasteiger partial charge in [-0.05, 0) is 19.1 Å².